The van der Waals surface area contributed by atoms with Crippen LogP contribution in [0.5, 0.6) is 5.75 Å². The number of methoxy groups -OCH3 is 1. The van der Waals surface area contributed by atoms with Crippen molar-refractivity contribution in [3.63, 3.8) is 0 Å². The Morgan fingerprint density at radius 2 is 1.74 bits per heavy atom. The second-order valence-electron chi connectivity index (χ2n) is 7.92. The van der Waals surface area contributed by atoms with Crippen molar-refractivity contribution in [2.24, 2.45) is 0 Å². The summed E-state index contributed by atoms with van der Waals surface area (Å²) in [6.07, 6.45) is 4.57. The van der Waals surface area contributed by atoms with E-state index in [2.05, 4.69) is 9.97 Å². The first kappa shape index (κ1) is 23.0. The first-order chi connectivity index (χ1) is 16.4. The van der Waals surface area contributed by atoms with Gasteiger partial charge in [0.25, 0.3) is 0 Å². The molecule has 0 saturated carbocycles. The van der Waals surface area contributed by atoms with Gasteiger partial charge in [0.05, 0.1) is 22.1 Å². The van der Waals surface area contributed by atoms with E-state index in [1.807, 2.05) is 16.7 Å². The fraction of sp³-hybridized carbons (Fsp3) is 0.261. The second kappa shape index (κ2) is 9.14. The molecule has 0 N–H and O–H groups in total. The lowest BCUT2D eigenvalue weighted by molar-refractivity contribution is 0.278. The minimum absolute atomic E-state index is 0.0149. The third-order valence-corrected chi connectivity index (χ3v) is 8.46. The van der Waals surface area contributed by atoms with Crippen LogP contribution in [0.15, 0.2) is 59.8 Å². The molecule has 0 atom stereocenters. The minimum Gasteiger partial charge on any atom is -0.495 e. The molecule has 1 aliphatic rings. The molecule has 4 heterocycles. The number of pyridine rings is 2. The topological polar surface area (TPSA) is 90.2 Å². The van der Waals surface area contributed by atoms with Gasteiger partial charge in [-0.2, -0.15) is 4.31 Å². The number of hydrogen-bond donors (Lipinski definition) is 0. The van der Waals surface area contributed by atoms with E-state index in [1.165, 1.54) is 23.5 Å². The van der Waals surface area contributed by atoms with Crippen molar-refractivity contribution in [1.29, 1.82) is 0 Å². The van der Waals surface area contributed by atoms with Crippen molar-refractivity contribution in [1.82, 2.24) is 23.8 Å². The van der Waals surface area contributed by atoms with Crippen molar-refractivity contribution >= 4 is 44.4 Å². The molecule has 0 unspecified atom stereocenters. The fourth-order valence-electron chi connectivity index (χ4n) is 4.29. The summed E-state index contributed by atoms with van der Waals surface area (Å²) in [6.45, 7) is 0.692. The molecule has 1 fully saturated rings. The van der Waals surface area contributed by atoms with E-state index >= 15 is 0 Å². The van der Waals surface area contributed by atoms with Crippen LogP contribution >= 0.6 is 23.2 Å². The van der Waals surface area contributed by atoms with E-state index in [9.17, 15) is 8.42 Å². The van der Waals surface area contributed by atoms with E-state index < -0.39 is 10.0 Å². The molecule has 0 radical (unpaired) electrons. The zero-order valence-corrected chi connectivity index (χ0v) is 20.6. The lowest BCUT2D eigenvalue weighted by Gasteiger charge is -2.32. The van der Waals surface area contributed by atoms with Crippen molar-refractivity contribution < 1.29 is 13.2 Å². The van der Waals surface area contributed by atoms with Crippen LogP contribution in [0, 0.1) is 0 Å². The van der Waals surface area contributed by atoms with E-state index in [-0.39, 0.29) is 16.0 Å². The molecule has 0 amide bonds. The number of imidazole rings is 1. The molecule has 1 aliphatic heterocycles. The number of rotatable bonds is 5. The molecule has 4 aromatic rings. The van der Waals surface area contributed by atoms with Gasteiger partial charge in [0.2, 0.25) is 10.0 Å². The number of aromatic nitrogens is 4. The summed E-state index contributed by atoms with van der Waals surface area (Å²) < 4.78 is 35.2. The summed E-state index contributed by atoms with van der Waals surface area (Å²) in [4.78, 5) is 13.9. The molecule has 3 aromatic heterocycles. The highest BCUT2D eigenvalue weighted by Gasteiger charge is 2.32. The molecule has 8 nitrogen and oxygen atoms in total. The lowest BCUT2D eigenvalue weighted by atomic mass is 10.1. The highest BCUT2D eigenvalue weighted by Crippen LogP contribution is 2.36. The van der Waals surface area contributed by atoms with Crippen molar-refractivity contribution in [3.8, 4) is 17.3 Å². The summed E-state index contributed by atoms with van der Waals surface area (Å²) in [5.41, 5.74) is 2.04. The average molecular weight is 518 g/mol. The van der Waals surface area contributed by atoms with E-state index in [4.69, 9.17) is 32.9 Å². The SMILES string of the molecule is COc1ccc(S(=O)(=O)N2CCC(n3c(-c4ncccc4Cl)nc4cccnc43)CC2)cc1Cl. The number of ether oxygens (including phenoxy) is 1. The third-order valence-electron chi connectivity index (χ3n) is 5.97. The monoisotopic (exact) mass is 517 g/mol. The predicted molar refractivity (Wildman–Crippen MR) is 131 cm³/mol. The summed E-state index contributed by atoms with van der Waals surface area (Å²) in [7, 11) is -2.21. The van der Waals surface area contributed by atoms with Gasteiger partial charge in [-0.05, 0) is 55.3 Å². The van der Waals surface area contributed by atoms with Crippen LogP contribution in [-0.2, 0) is 10.0 Å². The Labute approximate surface area is 207 Å². The smallest absolute Gasteiger partial charge is 0.243 e. The van der Waals surface area contributed by atoms with E-state index in [0.29, 0.717) is 48.2 Å². The summed E-state index contributed by atoms with van der Waals surface area (Å²) in [5, 5.41) is 0.752. The van der Waals surface area contributed by atoms with Crippen LogP contribution in [0.3, 0.4) is 0 Å². The van der Waals surface area contributed by atoms with Crippen LogP contribution in [0.25, 0.3) is 22.7 Å². The Morgan fingerprint density at radius 1 is 1.00 bits per heavy atom. The Balaban J connectivity index is 1.45. The number of hydrogen-bond acceptors (Lipinski definition) is 6. The number of halogens is 2. The number of fused-ring (bicyclic) bond motifs is 1. The van der Waals surface area contributed by atoms with Crippen LogP contribution in [0.2, 0.25) is 10.0 Å². The molecule has 1 saturated heterocycles. The maximum Gasteiger partial charge on any atom is 0.243 e. The summed E-state index contributed by atoms with van der Waals surface area (Å²) in [6, 6.07) is 11.8. The van der Waals surface area contributed by atoms with Gasteiger partial charge in [0, 0.05) is 31.5 Å². The maximum absolute atomic E-state index is 13.2. The molecule has 1 aromatic carbocycles. The molecule has 176 valence electrons. The van der Waals surface area contributed by atoms with Gasteiger partial charge in [-0.15, -0.1) is 0 Å². The van der Waals surface area contributed by atoms with Gasteiger partial charge in [0.15, 0.2) is 11.5 Å². The number of piperidine rings is 1. The Hall–Kier alpha value is -2.72. The van der Waals surface area contributed by atoms with E-state index in [0.717, 1.165) is 11.2 Å². The highest BCUT2D eigenvalue weighted by molar-refractivity contribution is 7.89. The van der Waals surface area contributed by atoms with Crippen molar-refractivity contribution in [3.05, 3.63) is 64.9 Å². The fourth-order valence-corrected chi connectivity index (χ4v) is 6.32. The predicted octanol–water partition coefficient (Wildman–Crippen LogP) is 4.83. The largest absolute Gasteiger partial charge is 0.495 e. The Morgan fingerprint density at radius 3 is 2.44 bits per heavy atom. The Kier molecular flexibility index (Phi) is 6.20. The zero-order chi connectivity index (χ0) is 23.9. The number of benzene rings is 1. The van der Waals surface area contributed by atoms with Gasteiger partial charge in [-0.1, -0.05) is 23.2 Å². The van der Waals surface area contributed by atoms with Crippen LogP contribution in [0.1, 0.15) is 18.9 Å². The van der Waals surface area contributed by atoms with Crippen molar-refractivity contribution in [2.45, 2.75) is 23.8 Å². The summed E-state index contributed by atoms with van der Waals surface area (Å²) in [5.74, 6) is 1.06. The van der Waals surface area contributed by atoms with Gasteiger partial charge in [-0.25, -0.2) is 18.4 Å². The van der Waals surface area contributed by atoms with Crippen LogP contribution < -0.4 is 4.74 Å². The van der Waals surface area contributed by atoms with Gasteiger partial charge in [0.1, 0.15) is 17.0 Å². The van der Waals surface area contributed by atoms with Crippen LogP contribution in [-0.4, -0.2) is 52.4 Å². The second-order valence-corrected chi connectivity index (χ2v) is 10.7. The molecule has 0 bridgehead atoms. The zero-order valence-electron chi connectivity index (χ0n) is 18.2. The molecule has 0 spiro atoms. The molecular formula is C23H21Cl2N5O3S. The molecule has 0 aliphatic carbocycles. The summed E-state index contributed by atoms with van der Waals surface area (Å²) >= 11 is 12.6. The molecular weight excluding hydrogens is 497 g/mol. The number of sulfonamides is 1. The standard InChI is InChI=1S/C23H21Cl2N5O3S/c1-33-20-7-6-16(14-18(20)25)34(31,32)29-12-8-15(9-13-29)30-22-19(5-3-11-27-22)28-23(30)21-17(24)4-2-10-26-21/h2-7,10-11,14-15H,8-9,12-13H2,1H3. The first-order valence-corrected chi connectivity index (χ1v) is 12.9. The lowest BCUT2D eigenvalue weighted by Crippen LogP contribution is -2.39. The minimum atomic E-state index is -3.69. The van der Waals surface area contributed by atoms with Gasteiger partial charge < -0.3 is 9.30 Å². The highest BCUT2D eigenvalue weighted by atomic mass is 35.5. The average Bonchev–Trinajstić information content (AvgIpc) is 3.23. The van der Waals surface area contributed by atoms with Gasteiger partial charge >= 0.3 is 0 Å². The first-order valence-electron chi connectivity index (χ1n) is 10.7. The Bertz CT molecular complexity index is 1470. The number of nitrogens with zero attached hydrogens (tertiary/aromatic N) is 5. The molecule has 11 heteroatoms. The maximum atomic E-state index is 13.2. The quantitative estimate of drug-likeness (QED) is 0.376. The van der Waals surface area contributed by atoms with Crippen LogP contribution in [0.4, 0.5) is 0 Å². The third kappa shape index (κ3) is 4.02. The molecule has 5 rings (SSSR count). The van der Waals surface area contributed by atoms with Gasteiger partial charge in [-0.3, -0.25) is 4.98 Å². The van der Waals surface area contributed by atoms with E-state index in [1.54, 1.807) is 30.6 Å². The van der Waals surface area contributed by atoms with Crippen molar-refractivity contribution in [2.75, 3.05) is 20.2 Å². The molecule has 34 heavy (non-hydrogen) atoms. The normalized spacial score (nSPS) is 15.6.